The van der Waals surface area contributed by atoms with E-state index in [1.54, 1.807) is 14.2 Å². The number of hydrogen-bond donors (Lipinski definition) is 10. The maximum absolute atomic E-state index is 12.9. The van der Waals surface area contributed by atoms with E-state index >= 15 is 0 Å². The predicted octanol–water partition coefficient (Wildman–Crippen LogP) is -0.343. The Kier molecular flexibility index (Phi) is 20.8. The molecular formula is C42H66B2N4O14. The number of aliphatic hydroxyl groups is 2. The Morgan fingerprint density at radius 3 is 1.53 bits per heavy atom. The smallest absolute Gasteiger partial charge is 0.475 e. The van der Waals surface area contributed by atoms with Crippen molar-refractivity contribution in [2.45, 2.75) is 103 Å². The molecule has 20 heteroatoms. The highest BCUT2D eigenvalue weighted by Crippen LogP contribution is 2.45. The van der Waals surface area contributed by atoms with Crippen LogP contribution in [0.3, 0.4) is 0 Å². The molecule has 2 aliphatic rings. The molecule has 0 fully saturated rings. The summed E-state index contributed by atoms with van der Waals surface area (Å²) < 4.78 is 21.6. The highest BCUT2D eigenvalue weighted by Gasteiger charge is 2.35. The van der Waals surface area contributed by atoms with Gasteiger partial charge in [0.1, 0.15) is 17.8 Å². The van der Waals surface area contributed by atoms with Crippen molar-refractivity contribution < 1.29 is 68.4 Å². The molecule has 4 amide bonds. The van der Waals surface area contributed by atoms with Gasteiger partial charge in [-0.1, -0.05) is 33.8 Å². The fourth-order valence-electron chi connectivity index (χ4n) is 7.77. The summed E-state index contributed by atoms with van der Waals surface area (Å²) in [5.74, 6) is -1.87. The van der Waals surface area contributed by atoms with E-state index in [1.807, 2.05) is 52.0 Å². The van der Waals surface area contributed by atoms with Crippen molar-refractivity contribution in [1.29, 1.82) is 0 Å². The lowest BCUT2D eigenvalue weighted by Crippen LogP contribution is -2.56. The molecule has 62 heavy (non-hydrogen) atoms. The molecule has 344 valence electrons. The SMILES string of the molecule is COc1cc2c(c(OC)c1OC)CCC(C(=O)N[C@@H](CO)C(=O)N[C@@H](CC(C)C)B(O)O)C2.COc1ccc2c(c1)CCC(C(=O)N[C@@H](CO)C(=O)N[C@@H](CC(C)C)B(O)O)C2. The van der Waals surface area contributed by atoms with Gasteiger partial charge in [0, 0.05) is 17.4 Å². The molecule has 0 radical (unpaired) electrons. The molecule has 4 rings (SSSR count). The Bertz CT molecular complexity index is 1800. The number of carbonyl (C=O) groups excluding carboxylic acids is 4. The summed E-state index contributed by atoms with van der Waals surface area (Å²) in [7, 11) is 2.76. The van der Waals surface area contributed by atoms with E-state index in [0.717, 1.165) is 34.4 Å². The molecule has 18 nitrogen and oxygen atoms in total. The molecule has 0 saturated heterocycles. The summed E-state index contributed by atoms with van der Waals surface area (Å²) in [6.45, 7) is 6.36. The van der Waals surface area contributed by atoms with Crippen LogP contribution in [0, 0.1) is 23.7 Å². The van der Waals surface area contributed by atoms with E-state index in [-0.39, 0.29) is 29.6 Å². The largest absolute Gasteiger partial charge is 0.497 e. The molecule has 0 heterocycles. The third kappa shape index (κ3) is 14.5. The fourth-order valence-corrected chi connectivity index (χ4v) is 7.77. The van der Waals surface area contributed by atoms with Crippen molar-refractivity contribution in [3.05, 3.63) is 46.5 Å². The average Bonchev–Trinajstić information content (AvgIpc) is 3.24. The minimum absolute atomic E-state index is 0.106. The highest BCUT2D eigenvalue weighted by atomic mass is 16.5. The zero-order valence-corrected chi connectivity index (χ0v) is 37.1. The molecule has 2 aromatic carbocycles. The van der Waals surface area contributed by atoms with E-state index in [1.165, 1.54) is 14.2 Å². The van der Waals surface area contributed by atoms with Crippen LogP contribution in [0.5, 0.6) is 23.0 Å². The Morgan fingerprint density at radius 2 is 1.11 bits per heavy atom. The van der Waals surface area contributed by atoms with Crippen LogP contribution in [-0.4, -0.2) is 134 Å². The van der Waals surface area contributed by atoms with E-state index in [2.05, 4.69) is 21.3 Å². The number of amides is 4. The second-order valence-electron chi connectivity index (χ2n) is 16.6. The third-order valence-electron chi connectivity index (χ3n) is 11.1. The van der Waals surface area contributed by atoms with Gasteiger partial charge < -0.3 is 70.5 Å². The molecule has 0 aromatic heterocycles. The number of ether oxygens (including phenoxy) is 4. The molecule has 0 saturated carbocycles. The van der Waals surface area contributed by atoms with Crippen LogP contribution in [0.2, 0.25) is 0 Å². The number of carbonyl (C=O) groups is 4. The van der Waals surface area contributed by atoms with Crippen LogP contribution in [0.4, 0.5) is 0 Å². The van der Waals surface area contributed by atoms with Crippen LogP contribution in [0.25, 0.3) is 0 Å². The lowest BCUT2D eigenvalue weighted by molar-refractivity contribution is -0.132. The molecule has 6 atom stereocenters. The van der Waals surface area contributed by atoms with Crippen molar-refractivity contribution >= 4 is 37.9 Å². The lowest BCUT2D eigenvalue weighted by atomic mass is 9.75. The summed E-state index contributed by atoms with van der Waals surface area (Å²) in [6.07, 6.45) is 4.11. The number of aliphatic hydroxyl groups excluding tert-OH is 2. The first-order valence-electron chi connectivity index (χ1n) is 21.0. The lowest BCUT2D eigenvalue weighted by Gasteiger charge is -2.28. The number of nitrogens with one attached hydrogen (secondary N) is 4. The zero-order chi connectivity index (χ0) is 46.3. The number of aryl methyl sites for hydroxylation is 1. The van der Waals surface area contributed by atoms with Crippen molar-refractivity contribution in [2.75, 3.05) is 41.7 Å². The van der Waals surface area contributed by atoms with Crippen LogP contribution >= 0.6 is 0 Å². The van der Waals surface area contributed by atoms with Gasteiger partial charge in [0.05, 0.1) is 53.5 Å². The van der Waals surface area contributed by atoms with Gasteiger partial charge in [0.15, 0.2) is 11.5 Å². The highest BCUT2D eigenvalue weighted by molar-refractivity contribution is 6.44. The monoisotopic (exact) mass is 872 g/mol. The first-order valence-corrected chi connectivity index (χ1v) is 21.0. The Labute approximate surface area is 364 Å². The Morgan fingerprint density at radius 1 is 0.629 bits per heavy atom. The zero-order valence-electron chi connectivity index (χ0n) is 37.1. The van der Waals surface area contributed by atoms with Crippen molar-refractivity contribution in [1.82, 2.24) is 21.3 Å². The molecule has 2 unspecified atom stereocenters. The van der Waals surface area contributed by atoms with Gasteiger partial charge >= 0.3 is 14.2 Å². The summed E-state index contributed by atoms with van der Waals surface area (Å²) in [5, 5.41) is 67.4. The molecular weight excluding hydrogens is 806 g/mol. The van der Waals surface area contributed by atoms with Crippen LogP contribution < -0.4 is 40.2 Å². The summed E-state index contributed by atoms with van der Waals surface area (Å²) >= 11 is 0. The van der Waals surface area contributed by atoms with Crippen molar-refractivity contribution in [3.8, 4) is 23.0 Å². The van der Waals surface area contributed by atoms with E-state index < -0.39 is 69.1 Å². The quantitative estimate of drug-likeness (QED) is 0.0763. The van der Waals surface area contributed by atoms with Gasteiger partial charge in [-0.05, 0) is 98.1 Å². The first kappa shape index (κ1) is 51.8. The maximum atomic E-state index is 12.9. The average molecular weight is 873 g/mol. The fraction of sp³-hybridized carbons (Fsp3) is 0.619. The molecule has 0 spiro atoms. The van der Waals surface area contributed by atoms with Crippen LogP contribution in [0.1, 0.15) is 75.6 Å². The number of fused-ring (bicyclic) bond motifs is 2. The summed E-state index contributed by atoms with van der Waals surface area (Å²) in [4.78, 5) is 50.6. The van der Waals surface area contributed by atoms with Gasteiger partial charge in [0.2, 0.25) is 29.4 Å². The minimum Gasteiger partial charge on any atom is -0.497 e. The van der Waals surface area contributed by atoms with Crippen molar-refractivity contribution in [2.24, 2.45) is 23.7 Å². The number of rotatable bonds is 20. The molecule has 2 aromatic rings. The Hall–Kier alpha value is -4.59. The topological polar surface area (TPSA) is 275 Å². The molecule has 2 aliphatic carbocycles. The normalized spacial score (nSPS) is 17.4. The van der Waals surface area contributed by atoms with Gasteiger partial charge in [-0.15, -0.1) is 0 Å². The van der Waals surface area contributed by atoms with Gasteiger partial charge in [0.25, 0.3) is 0 Å². The van der Waals surface area contributed by atoms with Crippen LogP contribution in [-0.2, 0) is 44.9 Å². The Balaban J connectivity index is 0.000000333. The van der Waals surface area contributed by atoms with Gasteiger partial charge in [-0.3, -0.25) is 19.2 Å². The van der Waals surface area contributed by atoms with E-state index in [0.29, 0.717) is 62.2 Å². The molecule has 10 N–H and O–H groups in total. The first-order chi connectivity index (χ1) is 29.4. The second-order valence-corrected chi connectivity index (χ2v) is 16.6. The number of hydrogen-bond acceptors (Lipinski definition) is 14. The minimum atomic E-state index is -1.75. The van der Waals surface area contributed by atoms with Crippen LogP contribution in [0.15, 0.2) is 24.3 Å². The van der Waals surface area contributed by atoms with Crippen molar-refractivity contribution in [3.63, 3.8) is 0 Å². The molecule has 0 bridgehead atoms. The van der Waals surface area contributed by atoms with Gasteiger partial charge in [-0.25, -0.2) is 0 Å². The van der Waals surface area contributed by atoms with Gasteiger partial charge in [-0.2, -0.15) is 0 Å². The summed E-state index contributed by atoms with van der Waals surface area (Å²) in [5.41, 5.74) is 4.06. The number of benzene rings is 2. The third-order valence-corrected chi connectivity index (χ3v) is 11.1. The van der Waals surface area contributed by atoms with E-state index in [9.17, 15) is 49.5 Å². The second kappa shape index (κ2) is 24.9. The summed E-state index contributed by atoms with van der Waals surface area (Å²) in [6, 6.07) is 5.26. The predicted molar refractivity (Wildman–Crippen MR) is 231 cm³/mol. The van der Waals surface area contributed by atoms with E-state index in [4.69, 9.17) is 18.9 Å². The number of methoxy groups -OCH3 is 4. The standard InChI is InChI=1S/C22H35BN2O8.C20H31BN2O6/c1-12(2)8-18(23(29)30)25-22(28)16(11-26)24-21(27)13-6-7-15-14(9-13)10-17(31-3)20(33-5)19(15)32-4;1-12(2)8-18(21(27)28)23-20(26)17(11-24)22-19(25)15-5-4-14-10-16(29-3)7-6-13(14)9-15/h10,12-13,16,18,26,29-30H,6-9,11H2,1-5H3,(H,24,27)(H,25,28);6-7,10,12,15,17-18,24,27-28H,4-5,8-9,11H2,1-3H3,(H,22,25)(H,23,26)/t13?,16-,18-;15?,17-,18-/m00/s1. The maximum Gasteiger partial charge on any atom is 0.475 e. The molecule has 0 aliphatic heterocycles.